The molecule has 0 unspecified atom stereocenters. The molecule has 1 N–H and O–H groups in total. The summed E-state index contributed by atoms with van der Waals surface area (Å²) in [6.45, 7) is 2.41. The van der Waals surface area contributed by atoms with E-state index in [0.717, 1.165) is 22.4 Å². The van der Waals surface area contributed by atoms with Crippen LogP contribution in [0.2, 0.25) is 5.02 Å². The second kappa shape index (κ2) is 9.45. The molecule has 0 heterocycles. The highest BCUT2D eigenvalue weighted by Gasteiger charge is 2.09. The van der Waals surface area contributed by atoms with Gasteiger partial charge in [-0.05, 0) is 70.8 Å². The number of halogens is 1. The molecule has 0 spiro atoms. The standard InChI is InChI=1S/C26H21ClN2O2/c1-18-9-14-24(25(27)15-18)26(30)29-28-16-19-10-12-22(13-11-19)31-17-21-7-4-6-20-5-2-3-8-23(20)21/h2-16H,17H2,1H3,(H,29,30)/b28-16-. The molecule has 5 heteroatoms. The monoisotopic (exact) mass is 428 g/mol. The van der Waals surface area contributed by atoms with Crippen molar-refractivity contribution in [2.24, 2.45) is 5.10 Å². The second-order valence-electron chi connectivity index (χ2n) is 7.18. The van der Waals surface area contributed by atoms with Gasteiger partial charge in [-0.15, -0.1) is 0 Å². The number of hydrogen-bond donors (Lipinski definition) is 1. The first-order valence-electron chi connectivity index (χ1n) is 9.89. The molecule has 0 bridgehead atoms. The number of ether oxygens (including phenoxy) is 1. The van der Waals surface area contributed by atoms with Crippen LogP contribution in [0.3, 0.4) is 0 Å². The smallest absolute Gasteiger partial charge is 0.272 e. The van der Waals surface area contributed by atoms with Gasteiger partial charge in [-0.3, -0.25) is 4.79 Å². The fourth-order valence-electron chi connectivity index (χ4n) is 3.26. The highest BCUT2D eigenvalue weighted by molar-refractivity contribution is 6.33. The molecule has 0 aliphatic rings. The zero-order chi connectivity index (χ0) is 21.6. The lowest BCUT2D eigenvalue weighted by molar-refractivity contribution is 0.0955. The van der Waals surface area contributed by atoms with Gasteiger partial charge in [0.2, 0.25) is 0 Å². The van der Waals surface area contributed by atoms with Gasteiger partial charge in [0.25, 0.3) is 5.91 Å². The van der Waals surface area contributed by atoms with Crippen molar-refractivity contribution in [3.63, 3.8) is 0 Å². The van der Waals surface area contributed by atoms with Gasteiger partial charge in [-0.1, -0.05) is 60.1 Å². The lowest BCUT2D eigenvalue weighted by Gasteiger charge is -2.09. The van der Waals surface area contributed by atoms with Gasteiger partial charge in [-0.2, -0.15) is 5.10 Å². The molecule has 4 rings (SSSR count). The van der Waals surface area contributed by atoms with Gasteiger partial charge in [0.05, 0.1) is 16.8 Å². The number of aryl methyl sites for hydroxylation is 1. The van der Waals surface area contributed by atoms with Crippen molar-refractivity contribution in [3.05, 3.63) is 112 Å². The van der Waals surface area contributed by atoms with Crippen molar-refractivity contribution in [1.82, 2.24) is 5.43 Å². The fourth-order valence-corrected chi connectivity index (χ4v) is 3.58. The number of fused-ring (bicyclic) bond motifs is 1. The van der Waals surface area contributed by atoms with Crippen LogP contribution >= 0.6 is 11.6 Å². The Bertz CT molecular complexity index is 1240. The third kappa shape index (κ3) is 5.11. The molecular formula is C26H21ClN2O2. The van der Waals surface area contributed by atoms with Gasteiger partial charge in [0.15, 0.2) is 0 Å². The number of benzene rings is 4. The van der Waals surface area contributed by atoms with Crippen molar-refractivity contribution in [2.75, 3.05) is 0 Å². The molecular weight excluding hydrogens is 408 g/mol. The number of nitrogens with one attached hydrogen (secondary N) is 1. The maximum atomic E-state index is 12.2. The van der Waals surface area contributed by atoms with Crippen LogP contribution in [0.15, 0.2) is 90.0 Å². The van der Waals surface area contributed by atoms with E-state index in [4.69, 9.17) is 16.3 Å². The fraction of sp³-hybridized carbons (Fsp3) is 0.0769. The van der Waals surface area contributed by atoms with Crippen LogP contribution in [-0.4, -0.2) is 12.1 Å². The summed E-state index contributed by atoms with van der Waals surface area (Å²) < 4.78 is 5.95. The van der Waals surface area contributed by atoms with E-state index in [-0.39, 0.29) is 5.91 Å². The van der Waals surface area contributed by atoms with E-state index in [1.807, 2.05) is 55.5 Å². The Labute approximate surface area is 186 Å². The van der Waals surface area contributed by atoms with Crippen LogP contribution in [0.1, 0.15) is 27.0 Å². The third-order valence-corrected chi connectivity index (χ3v) is 5.22. The number of rotatable bonds is 6. The Balaban J connectivity index is 1.35. The van der Waals surface area contributed by atoms with Crippen molar-refractivity contribution >= 4 is 34.5 Å². The first-order valence-corrected chi connectivity index (χ1v) is 10.3. The molecule has 4 aromatic rings. The molecule has 4 aromatic carbocycles. The lowest BCUT2D eigenvalue weighted by atomic mass is 10.1. The number of hydrogen-bond acceptors (Lipinski definition) is 3. The van der Waals surface area contributed by atoms with Gasteiger partial charge in [0, 0.05) is 0 Å². The topological polar surface area (TPSA) is 50.7 Å². The molecule has 0 aliphatic heterocycles. The molecule has 31 heavy (non-hydrogen) atoms. The zero-order valence-corrected chi connectivity index (χ0v) is 17.8. The number of nitrogens with zero attached hydrogens (tertiary/aromatic N) is 1. The third-order valence-electron chi connectivity index (χ3n) is 4.90. The molecule has 0 saturated carbocycles. The average Bonchev–Trinajstić information content (AvgIpc) is 2.78. The summed E-state index contributed by atoms with van der Waals surface area (Å²) in [5.41, 5.74) is 5.87. The van der Waals surface area contributed by atoms with Crippen LogP contribution in [-0.2, 0) is 6.61 Å². The van der Waals surface area contributed by atoms with Crippen LogP contribution in [0.5, 0.6) is 5.75 Å². The molecule has 0 aromatic heterocycles. The van der Waals surface area contributed by atoms with Crippen molar-refractivity contribution < 1.29 is 9.53 Å². The SMILES string of the molecule is Cc1ccc(C(=O)N/N=C\c2ccc(OCc3cccc4ccccc34)cc2)c(Cl)c1. The summed E-state index contributed by atoms with van der Waals surface area (Å²) in [4.78, 5) is 12.2. The van der Waals surface area contributed by atoms with Gasteiger partial charge in [-0.25, -0.2) is 5.43 Å². The Morgan fingerprint density at radius 1 is 1.00 bits per heavy atom. The molecule has 154 valence electrons. The van der Waals surface area contributed by atoms with Crippen LogP contribution in [0.25, 0.3) is 10.8 Å². The molecule has 0 fully saturated rings. The van der Waals surface area contributed by atoms with Crippen LogP contribution in [0.4, 0.5) is 0 Å². The second-order valence-corrected chi connectivity index (χ2v) is 7.59. The summed E-state index contributed by atoms with van der Waals surface area (Å²) >= 11 is 6.12. The van der Waals surface area contributed by atoms with Gasteiger partial charge < -0.3 is 4.74 Å². The highest BCUT2D eigenvalue weighted by Crippen LogP contribution is 2.21. The molecule has 0 radical (unpaired) electrons. The average molecular weight is 429 g/mol. The lowest BCUT2D eigenvalue weighted by Crippen LogP contribution is -2.18. The maximum absolute atomic E-state index is 12.2. The number of amides is 1. The largest absolute Gasteiger partial charge is 0.489 e. The predicted molar refractivity (Wildman–Crippen MR) is 126 cm³/mol. The maximum Gasteiger partial charge on any atom is 0.272 e. The minimum atomic E-state index is -0.351. The molecule has 0 aliphatic carbocycles. The van der Waals surface area contributed by atoms with E-state index in [1.54, 1.807) is 18.3 Å². The zero-order valence-electron chi connectivity index (χ0n) is 17.0. The van der Waals surface area contributed by atoms with E-state index in [9.17, 15) is 4.79 Å². The Morgan fingerprint density at radius 2 is 1.77 bits per heavy atom. The Kier molecular flexibility index (Phi) is 6.29. The summed E-state index contributed by atoms with van der Waals surface area (Å²) in [5.74, 6) is 0.414. The summed E-state index contributed by atoms with van der Waals surface area (Å²) in [6, 6.07) is 27.3. The summed E-state index contributed by atoms with van der Waals surface area (Å²) in [7, 11) is 0. The van der Waals surface area contributed by atoms with E-state index in [0.29, 0.717) is 17.2 Å². The predicted octanol–water partition coefficient (Wildman–Crippen LogP) is 6.14. The molecule has 0 saturated heterocycles. The summed E-state index contributed by atoms with van der Waals surface area (Å²) in [6.07, 6.45) is 1.58. The van der Waals surface area contributed by atoms with E-state index in [1.165, 1.54) is 10.8 Å². The number of carbonyl (C=O) groups is 1. The molecule has 4 nitrogen and oxygen atoms in total. The Hall–Kier alpha value is -3.63. The minimum Gasteiger partial charge on any atom is -0.489 e. The number of hydrazone groups is 1. The molecule has 0 atom stereocenters. The first kappa shape index (κ1) is 20.6. The minimum absolute atomic E-state index is 0.351. The normalized spacial score (nSPS) is 11.0. The quantitative estimate of drug-likeness (QED) is 0.296. The van der Waals surface area contributed by atoms with Crippen molar-refractivity contribution in [1.29, 1.82) is 0 Å². The van der Waals surface area contributed by atoms with Crippen molar-refractivity contribution in [2.45, 2.75) is 13.5 Å². The van der Waals surface area contributed by atoms with E-state index >= 15 is 0 Å². The van der Waals surface area contributed by atoms with Crippen LogP contribution < -0.4 is 10.2 Å². The van der Waals surface area contributed by atoms with Gasteiger partial charge in [0.1, 0.15) is 12.4 Å². The van der Waals surface area contributed by atoms with Gasteiger partial charge >= 0.3 is 0 Å². The van der Waals surface area contributed by atoms with E-state index in [2.05, 4.69) is 34.8 Å². The van der Waals surface area contributed by atoms with Crippen molar-refractivity contribution in [3.8, 4) is 5.75 Å². The highest BCUT2D eigenvalue weighted by atomic mass is 35.5. The van der Waals surface area contributed by atoms with Crippen LogP contribution in [0, 0.1) is 6.92 Å². The Morgan fingerprint density at radius 3 is 2.58 bits per heavy atom. The summed E-state index contributed by atoms with van der Waals surface area (Å²) in [5, 5.41) is 6.81. The molecule has 1 amide bonds. The van der Waals surface area contributed by atoms with E-state index < -0.39 is 0 Å². The number of carbonyl (C=O) groups excluding carboxylic acids is 1. The first-order chi connectivity index (χ1) is 15.1.